The number of carbonyl (C=O) groups is 1. The lowest BCUT2D eigenvalue weighted by Gasteiger charge is -2.16. The molecule has 2 aliphatic rings. The Hall–Kier alpha value is -1.60. The van der Waals surface area contributed by atoms with Crippen molar-refractivity contribution in [2.45, 2.75) is 36.6 Å². The van der Waals surface area contributed by atoms with Crippen LogP contribution in [0.5, 0.6) is 5.75 Å². The topological polar surface area (TPSA) is 98.5 Å². The summed E-state index contributed by atoms with van der Waals surface area (Å²) in [6.45, 7) is 2.22. The quantitative estimate of drug-likeness (QED) is 0.856. The number of nitrogens with two attached hydrogens (primary N) is 1. The average molecular weight is 310 g/mol. The Morgan fingerprint density at radius 1 is 1.43 bits per heavy atom. The van der Waals surface area contributed by atoms with Crippen LogP contribution in [-0.2, 0) is 14.8 Å². The van der Waals surface area contributed by atoms with E-state index in [2.05, 4.69) is 5.32 Å². The summed E-state index contributed by atoms with van der Waals surface area (Å²) >= 11 is 0. The number of nitrogens with one attached hydrogen (secondary N) is 1. The van der Waals surface area contributed by atoms with E-state index in [1.807, 2.05) is 6.92 Å². The minimum Gasteiger partial charge on any atom is -0.492 e. The van der Waals surface area contributed by atoms with Crippen molar-refractivity contribution in [3.63, 3.8) is 0 Å². The number of ether oxygens (including phenoxy) is 1. The second-order valence-corrected chi connectivity index (χ2v) is 7.30. The highest BCUT2D eigenvalue weighted by atomic mass is 32.2. The predicted octanol–water partition coefficient (Wildman–Crippen LogP) is 0.725. The van der Waals surface area contributed by atoms with Crippen molar-refractivity contribution in [3.8, 4) is 5.75 Å². The van der Waals surface area contributed by atoms with E-state index < -0.39 is 15.9 Å². The Morgan fingerprint density at radius 2 is 2.14 bits per heavy atom. The molecule has 2 atom stereocenters. The van der Waals surface area contributed by atoms with Crippen LogP contribution in [0.2, 0.25) is 0 Å². The molecule has 7 heteroatoms. The third kappa shape index (κ3) is 2.89. The Kier molecular flexibility index (Phi) is 3.41. The van der Waals surface area contributed by atoms with Gasteiger partial charge < -0.3 is 10.1 Å². The first-order chi connectivity index (χ1) is 9.86. The summed E-state index contributed by atoms with van der Waals surface area (Å²) in [4.78, 5) is 12.3. The van der Waals surface area contributed by atoms with Crippen LogP contribution in [0.3, 0.4) is 0 Å². The minimum absolute atomic E-state index is 0.000193. The molecule has 1 amide bonds. The molecular formula is C14H18N2O4S. The van der Waals surface area contributed by atoms with E-state index in [-0.39, 0.29) is 23.5 Å². The number of amides is 1. The number of sulfonamides is 1. The summed E-state index contributed by atoms with van der Waals surface area (Å²) in [5.74, 6) is 0.496. The molecule has 6 nitrogen and oxygen atoms in total. The monoisotopic (exact) mass is 310 g/mol. The van der Waals surface area contributed by atoms with E-state index in [0.29, 0.717) is 17.2 Å². The van der Waals surface area contributed by atoms with Crippen molar-refractivity contribution < 1.29 is 17.9 Å². The first kappa shape index (κ1) is 14.3. The van der Waals surface area contributed by atoms with Crippen LogP contribution in [0.1, 0.15) is 31.2 Å². The maximum Gasteiger partial charge on any atom is 0.238 e. The van der Waals surface area contributed by atoms with Gasteiger partial charge in [0.1, 0.15) is 18.3 Å². The highest BCUT2D eigenvalue weighted by molar-refractivity contribution is 7.89. The largest absolute Gasteiger partial charge is 0.492 e. The summed E-state index contributed by atoms with van der Waals surface area (Å²) in [6.07, 6.45) is 2.30. The molecule has 1 heterocycles. The highest BCUT2D eigenvalue weighted by Crippen LogP contribution is 2.37. The maximum atomic E-state index is 12.3. The van der Waals surface area contributed by atoms with Crippen molar-refractivity contribution in [1.29, 1.82) is 0 Å². The fourth-order valence-corrected chi connectivity index (χ4v) is 3.18. The molecule has 2 unspecified atom stereocenters. The Morgan fingerprint density at radius 3 is 2.76 bits per heavy atom. The molecule has 1 fully saturated rings. The van der Waals surface area contributed by atoms with Gasteiger partial charge in [-0.2, -0.15) is 0 Å². The van der Waals surface area contributed by atoms with Gasteiger partial charge in [-0.3, -0.25) is 4.79 Å². The van der Waals surface area contributed by atoms with Gasteiger partial charge in [0, 0.05) is 11.6 Å². The number of carbonyl (C=O) groups excluding carboxylic acids is 1. The molecular weight excluding hydrogens is 292 g/mol. The summed E-state index contributed by atoms with van der Waals surface area (Å²) in [5.41, 5.74) is 0.585. The molecule has 3 rings (SSSR count). The van der Waals surface area contributed by atoms with Gasteiger partial charge in [0.05, 0.1) is 4.90 Å². The SMILES string of the molecule is CC(NC(=O)C1COc2ccc(S(N)(=O)=O)cc21)C1CC1. The summed E-state index contributed by atoms with van der Waals surface area (Å²) in [6, 6.07) is 4.51. The van der Waals surface area contributed by atoms with Crippen molar-refractivity contribution in [2.75, 3.05) is 6.61 Å². The number of benzene rings is 1. The number of primary sulfonamides is 1. The highest BCUT2D eigenvalue weighted by Gasteiger charge is 2.35. The van der Waals surface area contributed by atoms with Gasteiger partial charge in [0.25, 0.3) is 0 Å². The maximum absolute atomic E-state index is 12.3. The Labute approximate surface area is 123 Å². The van der Waals surface area contributed by atoms with E-state index in [0.717, 1.165) is 12.8 Å². The molecule has 3 N–H and O–H groups in total. The number of hydrogen-bond donors (Lipinski definition) is 2. The molecule has 1 aromatic carbocycles. The second-order valence-electron chi connectivity index (χ2n) is 5.74. The first-order valence-corrected chi connectivity index (χ1v) is 8.51. The molecule has 0 aromatic heterocycles. The molecule has 21 heavy (non-hydrogen) atoms. The van der Waals surface area contributed by atoms with Crippen LogP contribution in [0.25, 0.3) is 0 Å². The molecule has 114 valence electrons. The van der Waals surface area contributed by atoms with Crippen LogP contribution >= 0.6 is 0 Å². The summed E-state index contributed by atoms with van der Waals surface area (Å²) < 4.78 is 28.3. The second kappa shape index (κ2) is 4.99. The molecule has 0 saturated heterocycles. The standard InChI is InChI=1S/C14H18N2O4S/c1-8(9-2-3-9)16-14(17)12-7-20-13-5-4-10(6-11(12)13)21(15,18)19/h4-6,8-9,12H,2-3,7H2,1H3,(H,16,17)(H2,15,18,19). The summed E-state index contributed by atoms with van der Waals surface area (Å²) in [5, 5.41) is 8.12. The Balaban J connectivity index is 1.83. The smallest absolute Gasteiger partial charge is 0.238 e. The van der Waals surface area contributed by atoms with E-state index in [4.69, 9.17) is 9.88 Å². The molecule has 0 bridgehead atoms. The zero-order valence-corrected chi connectivity index (χ0v) is 12.5. The third-order valence-electron chi connectivity index (χ3n) is 4.11. The molecule has 1 aliphatic carbocycles. The van der Waals surface area contributed by atoms with Gasteiger partial charge in [-0.05, 0) is 43.9 Å². The van der Waals surface area contributed by atoms with Gasteiger partial charge in [-0.1, -0.05) is 0 Å². The lowest BCUT2D eigenvalue weighted by Crippen LogP contribution is -2.38. The minimum atomic E-state index is -3.79. The molecule has 1 saturated carbocycles. The number of rotatable bonds is 4. The van der Waals surface area contributed by atoms with Crippen molar-refractivity contribution >= 4 is 15.9 Å². The van der Waals surface area contributed by atoms with Crippen LogP contribution < -0.4 is 15.2 Å². The van der Waals surface area contributed by atoms with Crippen LogP contribution in [0.4, 0.5) is 0 Å². The fourth-order valence-electron chi connectivity index (χ4n) is 2.63. The first-order valence-electron chi connectivity index (χ1n) is 6.96. The van der Waals surface area contributed by atoms with Gasteiger partial charge in [-0.15, -0.1) is 0 Å². The van der Waals surface area contributed by atoms with Crippen LogP contribution in [0.15, 0.2) is 23.1 Å². The molecule has 1 aromatic rings. The normalized spacial score (nSPS) is 22.3. The third-order valence-corrected chi connectivity index (χ3v) is 5.02. The van der Waals surface area contributed by atoms with Gasteiger partial charge >= 0.3 is 0 Å². The molecule has 0 spiro atoms. The molecule has 1 aliphatic heterocycles. The lowest BCUT2D eigenvalue weighted by atomic mass is 10.00. The van der Waals surface area contributed by atoms with Gasteiger partial charge in [-0.25, -0.2) is 13.6 Å². The molecule has 0 radical (unpaired) electrons. The van der Waals surface area contributed by atoms with E-state index in [9.17, 15) is 13.2 Å². The van der Waals surface area contributed by atoms with E-state index in [1.54, 1.807) is 6.07 Å². The lowest BCUT2D eigenvalue weighted by molar-refractivity contribution is -0.123. The summed E-state index contributed by atoms with van der Waals surface area (Å²) in [7, 11) is -3.79. The van der Waals surface area contributed by atoms with Gasteiger partial charge in [0.15, 0.2) is 0 Å². The van der Waals surface area contributed by atoms with E-state index >= 15 is 0 Å². The van der Waals surface area contributed by atoms with Gasteiger partial charge in [0.2, 0.25) is 15.9 Å². The fraction of sp³-hybridized carbons (Fsp3) is 0.500. The average Bonchev–Trinajstić information content (AvgIpc) is 3.16. The Bertz CT molecular complexity index is 682. The van der Waals surface area contributed by atoms with Crippen molar-refractivity contribution in [1.82, 2.24) is 5.32 Å². The zero-order valence-electron chi connectivity index (χ0n) is 11.7. The van der Waals surface area contributed by atoms with Crippen molar-refractivity contribution in [2.24, 2.45) is 11.1 Å². The van der Waals surface area contributed by atoms with Crippen molar-refractivity contribution in [3.05, 3.63) is 23.8 Å². The number of fused-ring (bicyclic) bond motifs is 1. The number of hydrogen-bond acceptors (Lipinski definition) is 4. The van der Waals surface area contributed by atoms with Crippen LogP contribution in [0, 0.1) is 5.92 Å². The van der Waals surface area contributed by atoms with E-state index in [1.165, 1.54) is 12.1 Å². The van der Waals surface area contributed by atoms with Crippen LogP contribution in [-0.4, -0.2) is 27.0 Å². The predicted molar refractivity (Wildman–Crippen MR) is 76.4 cm³/mol. The zero-order chi connectivity index (χ0) is 15.2.